The molecule has 0 spiro atoms. The molecule has 0 atom stereocenters. The Labute approximate surface area is 104 Å². The SMILES string of the molecule is NCCCCCC(=O)O.[KH]. The summed E-state index contributed by atoms with van der Waals surface area (Å²) in [5.74, 6) is -0.716. The zero-order valence-electron chi connectivity index (χ0n) is 5.47. The second-order valence-corrected chi connectivity index (χ2v) is 1.99. The third-order valence-corrected chi connectivity index (χ3v) is 1.09. The van der Waals surface area contributed by atoms with Crippen LogP contribution in [0, 0.1) is 0 Å². The van der Waals surface area contributed by atoms with Crippen molar-refractivity contribution in [2.45, 2.75) is 25.7 Å². The van der Waals surface area contributed by atoms with Gasteiger partial charge in [-0.15, -0.1) is 0 Å². The van der Waals surface area contributed by atoms with Crippen molar-refractivity contribution in [1.29, 1.82) is 0 Å². The van der Waals surface area contributed by atoms with E-state index in [1.54, 1.807) is 0 Å². The van der Waals surface area contributed by atoms with Crippen molar-refractivity contribution in [2.75, 3.05) is 6.54 Å². The number of unbranched alkanes of at least 4 members (excludes halogenated alkanes) is 2. The van der Waals surface area contributed by atoms with E-state index in [2.05, 4.69) is 0 Å². The van der Waals surface area contributed by atoms with E-state index in [-0.39, 0.29) is 57.8 Å². The number of carbonyl (C=O) groups is 1. The van der Waals surface area contributed by atoms with E-state index in [9.17, 15) is 4.79 Å². The van der Waals surface area contributed by atoms with Crippen molar-refractivity contribution in [1.82, 2.24) is 0 Å². The maximum atomic E-state index is 9.93. The van der Waals surface area contributed by atoms with Gasteiger partial charge in [0.05, 0.1) is 0 Å². The Hall–Kier alpha value is 1.07. The predicted octanol–water partition coefficient (Wildman–Crippen LogP) is -0.0584. The van der Waals surface area contributed by atoms with E-state index in [0.717, 1.165) is 19.3 Å². The molecular formula is C6H14KNO2. The zero-order valence-corrected chi connectivity index (χ0v) is 5.47. The van der Waals surface area contributed by atoms with E-state index in [4.69, 9.17) is 10.8 Å². The number of aliphatic carboxylic acids is 1. The van der Waals surface area contributed by atoms with Crippen LogP contribution in [0.4, 0.5) is 0 Å². The van der Waals surface area contributed by atoms with Crippen LogP contribution in [0.1, 0.15) is 25.7 Å². The summed E-state index contributed by atoms with van der Waals surface area (Å²) in [7, 11) is 0. The topological polar surface area (TPSA) is 63.3 Å². The van der Waals surface area contributed by atoms with Gasteiger partial charge in [0.15, 0.2) is 0 Å². The normalized spacial score (nSPS) is 8.50. The molecule has 4 heteroatoms. The average molecular weight is 171 g/mol. The molecule has 0 rings (SSSR count). The molecule has 0 saturated heterocycles. The third-order valence-electron chi connectivity index (χ3n) is 1.09. The predicted molar refractivity (Wildman–Crippen MR) is 42.3 cm³/mol. The molecule has 56 valence electrons. The number of carboxylic acid groups (broad SMARTS) is 1. The molecule has 0 unspecified atom stereocenters. The molecule has 0 radical (unpaired) electrons. The van der Waals surface area contributed by atoms with E-state index < -0.39 is 5.97 Å². The van der Waals surface area contributed by atoms with Crippen molar-refractivity contribution >= 4 is 57.4 Å². The quantitative estimate of drug-likeness (QED) is 0.450. The summed E-state index contributed by atoms with van der Waals surface area (Å²) in [5.41, 5.74) is 5.20. The maximum absolute atomic E-state index is 9.93. The zero-order chi connectivity index (χ0) is 7.11. The Morgan fingerprint density at radius 2 is 1.90 bits per heavy atom. The molecule has 0 saturated carbocycles. The molecule has 0 bridgehead atoms. The van der Waals surface area contributed by atoms with Crippen molar-refractivity contribution in [3.63, 3.8) is 0 Å². The Morgan fingerprint density at radius 3 is 2.30 bits per heavy atom. The molecule has 0 fully saturated rings. The molecule has 0 aliphatic rings. The molecule has 0 aliphatic carbocycles. The molecular weight excluding hydrogens is 157 g/mol. The van der Waals surface area contributed by atoms with Crippen LogP contribution in [-0.2, 0) is 4.79 Å². The first-order valence-corrected chi connectivity index (χ1v) is 3.19. The molecule has 0 aromatic rings. The van der Waals surface area contributed by atoms with Crippen LogP contribution < -0.4 is 5.73 Å². The van der Waals surface area contributed by atoms with Crippen molar-refractivity contribution in [3.05, 3.63) is 0 Å². The summed E-state index contributed by atoms with van der Waals surface area (Å²) in [4.78, 5) is 9.93. The van der Waals surface area contributed by atoms with Gasteiger partial charge in [-0.05, 0) is 19.4 Å². The Morgan fingerprint density at radius 1 is 1.30 bits per heavy atom. The second-order valence-electron chi connectivity index (χ2n) is 1.99. The van der Waals surface area contributed by atoms with Gasteiger partial charge in [0.1, 0.15) is 0 Å². The number of nitrogens with two attached hydrogens (primary N) is 1. The molecule has 3 nitrogen and oxygen atoms in total. The molecule has 0 aliphatic heterocycles. The van der Waals surface area contributed by atoms with E-state index in [1.165, 1.54) is 0 Å². The average Bonchev–Trinajstić information content (AvgIpc) is 1.80. The van der Waals surface area contributed by atoms with Crippen LogP contribution in [0.3, 0.4) is 0 Å². The molecule has 0 heterocycles. The standard InChI is InChI=1S/C6H13NO2.K.H/c7-5-3-1-2-4-6(8)9;;/h1-5,7H2,(H,8,9);;. The van der Waals surface area contributed by atoms with Gasteiger partial charge in [0, 0.05) is 6.42 Å². The van der Waals surface area contributed by atoms with Gasteiger partial charge < -0.3 is 10.8 Å². The van der Waals surface area contributed by atoms with Crippen LogP contribution in [0.2, 0.25) is 0 Å². The fourth-order valence-electron chi connectivity index (χ4n) is 0.597. The first-order valence-electron chi connectivity index (χ1n) is 3.19. The summed E-state index contributed by atoms with van der Waals surface area (Å²) in [6.45, 7) is 0.666. The molecule has 10 heavy (non-hydrogen) atoms. The van der Waals surface area contributed by atoms with Gasteiger partial charge in [-0.3, -0.25) is 4.79 Å². The van der Waals surface area contributed by atoms with Crippen LogP contribution in [0.25, 0.3) is 0 Å². The number of carboxylic acids is 1. The van der Waals surface area contributed by atoms with Gasteiger partial charge in [0.25, 0.3) is 0 Å². The summed E-state index contributed by atoms with van der Waals surface area (Å²) in [6.07, 6.45) is 2.91. The minimum atomic E-state index is -0.716. The fraction of sp³-hybridized carbons (Fsp3) is 0.833. The van der Waals surface area contributed by atoms with Crippen LogP contribution in [0.15, 0.2) is 0 Å². The Bertz CT molecular complexity index is 87.8. The number of hydrogen-bond donors (Lipinski definition) is 2. The van der Waals surface area contributed by atoms with Crippen LogP contribution >= 0.6 is 0 Å². The van der Waals surface area contributed by atoms with Crippen molar-refractivity contribution < 1.29 is 9.90 Å². The minimum absolute atomic E-state index is 0. The van der Waals surface area contributed by atoms with Gasteiger partial charge in [0.2, 0.25) is 0 Å². The first-order chi connectivity index (χ1) is 4.27. The van der Waals surface area contributed by atoms with E-state index in [0.29, 0.717) is 6.54 Å². The van der Waals surface area contributed by atoms with Gasteiger partial charge in [-0.2, -0.15) is 0 Å². The number of hydrogen-bond acceptors (Lipinski definition) is 2. The molecule has 3 N–H and O–H groups in total. The van der Waals surface area contributed by atoms with Gasteiger partial charge >= 0.3 is 57.4 Å². The fourth-order valence-corrected chi connectivity index (χ4v) is 0.597. The summed E-state index contributed by atoms with van der Waals surface area (Å²) in [6, 6.07) is 0. The second kappa shape index (κ2) is 10.1. The Kier molecular flexibility index (Phi) is 13.7. The van der Waals surface area contributed by atoms with Gasteiger partial charge in [-0.25, -0.2) is 0 Å². The Balaban J connectivity index is 0. The van der Waals surface area contributed by atoms with E-state index in [1.807, 2.05) is 0 Å². The number of rotatable bonds is 5. The molecule has 0 amide bonds. The van der Waals surface area contributed by atoms with Crippen molar-refractivity contribution in [3.8, 4) is 0 Å². The molecule has 0 aromatic carbocycles. The van der Waals surface area contributed by atoms with E-state index >= 15 is 0 Å². The molecule has 0 aromatic heterocycles. The summed E-state index contributed by atoms with van der Waals surface area (Å²) >= 11 is 0. The van der Waals surface area contributed by atoms with Crippen molar-refractivity contribution in [2.24, 2.45) is 5.73 Å². The van der Waals surface area contributed by atoms with Crippen LogP contribution in [-0.4, -0.2) is 69.0 Å². The first kappa shape index (κ1) is 13.6. The third kappa shape index (κ3) is 11.8. The van der Waals surface area contributed by atoms with Gasteiger partial charge in [-0.1, -0.05) is 6.42 Å². The summed E-state index contributed by atoms with van der Waals surface area (Å²) in [5, 5.41) is 8.18. The van der Waals surface area contributed by atoms with Crippen LogP contribution in [0.5, 0.6) is 0 Å². The summed E-state index contributed by atoms with van der Waals surface area (Å²) < 4.78 is 0. The monoisotopic (exact) mass is 171 g/mol.